The second kappa shape index (κ2) is 9.66. The van der Waals surface area contributed by atoms with Gasteiger partial charge in [0.05, 0.1) is 24.3 Å². The summed E-state index contributed by atoms with van der Waals surface area (Å²) in [6.07, 6.45) is 3.60. The summed E-state index contributed by atoms with van der Waals surface area (Å²) in [5.74, 6) is 0.257. The number of morpholine rings is 1. The van der Waals surface area contributed by atoms with Crippen molar-refractivity contribution < 1.29 is 18.7 Å². The smallest absolute Gasteiger partial charge is 0.259 e. The van der Waals surface area contributed by atoms with Crippen molar-refractivity contribution in [2.75, 3.05) is 51.3 Å². The molecule has 0 spiro atoms. The monoisotopic (exact) mass is 528 g/mol. The number of anilines is 1. The molecule has 0 unspecified atom stereocenters. The molecular formula is C30H29FN4O4. The van der Waals surface area contributed by atoms with E-state index in [0.29, 0.717) is 55.7 Å². The summed E-state index contributed by atoms with van der Waals surface area (Å²) in [5, 5.41) is 8.74. The summed E-state index contributed by atoms with van der Waals surface area (Å²) in [6.45, 7) is 4.12. The second-order valence-corrected chi connectivity index (χ2v) is 10.4. The lowest BCUT2D eigenvalue weighted by molar-refractivity contribution is 0.0302. The van der Waals surface area contributed by atoms with Gasteiger partial charge < -0.3 is 29.6 Å². The molecule has 7 rings (SSSR count). The number of carbonyl (C=O) groups is 1. The average Bonchev–Trinajstić information content (AvgIpc) is 2.97. The van der Waals surface area contributed by atoms with Gasteiger partial charge in [-0.3, -0.25) is 9.59 Å². The number of fused-ring (bicyclic) bond motifs is 3. The minimum atomic E-state index is -0.574. The molecule has 4 heterocycles. The predicted molar refractivity (Wildman–Crippen MR) is 148 cm³/mol. The zero-order valence-corrected chi connectivity index (χ0v) is 21.5. The maximum absolute atomic E-state index is 15.8. The van der Waals surface area contributed by atoms with Crippen molar-refractivity contribution in [2.45, 2.75) is 12.8 Å². The van der Waals surface area contributed by atoms with Gasteiger partial charge in [-0.1, -0.05) is 24.3 Å². The molecule has 3 aromatic carbocycles. The number of hydrogen-bond donors (Lipinski definition) is 2. The molecule has 0 saturated carbocycles. The largest absolute Gasteiger partial charge is 0.451 e. The lowest BCUT2D eigenvalue weighted by Gasteiger charge is -2.29. The Balaban J connectivity index is 1.43. The van der Waals surface area contributed by atoms with Gasteiger partial charge in [0.1, 0.15) is 16.8 Å². The first kappa shape index (κ1) is 24.1. The van der Waals surface area contributed by atoms with Crippen LogP contribution in [0.3, 0.4) is 0 Å². The molecule has 8 nitrogen and oxygen atoms in total. The molecule has 3 aliphatic rings. The van der Waals surface area contributed by atoms with Crippen molar-refractivity contribution in [1.82, 2.24) is 14.8 Å². The topological polar surface area (TPSA) is 84.8 Å². The van der Waals surface area contributed by atoms with Crippen LogP contribution in [0.1, 0.15) is 23.2 Å². The van der Waals surface area contributed by atoms with Crippen LogP contribution in [0.15, 0.2) is 53.5 Å². The van der Waals surface area contributed by atoms with Crippen molar-refractivity contribution in [2.24, 2.45) is 5.92 Å². The normalized spacial score (nSPS) is 17.2. The third-order valence-electron chi connectivity index (χ3n) is 8.05. The van der Waals surface area contributed by atoms with Crippen LogP contribution in [0.2, 0.25) is 0 Å². The maximum atomic E-state index is 15.8. The van der Waals surface area contributed by atoms with Gasteiger partial charge in [-0.2, -0.15) is 0 Å². The van der Waals surface area contributed by atoms with Gasteiger partial charge in [-0.25, -0.2) is 4.39 Å². The first-order valence-corrected chi connectivity index (χ1v) is 13.5. The van der Waals surface area contributed by atoms with Gasteiger partial charge >= 0.3 is 0 Å². The molecule has 200 valence electrons. The summed E-state index contributed by atoms with van der Waals surface area (Å²) in [7, 11) is 0. The Kier molecular flexibility index (Phi) is 5.97. The van der Waals surface area contributed by atoms with Crippen molar-refractivity contribution in [3.8, 4) is 17.2 Å². The lowest BCUT2D eigenvalue weighted by Crippen LogP contribution is -2.42. The number of nitrogens with one attached hydrogen (secondary N) is 2. The van der Waals surface area contributed by atoms with Crippen LogP contribution in [-0.4, -0.2) is 61.3 Å². The summed E-state index contributed by atoms with van der Waals surface area (Å²) in [5.41, 5.74) is 0.885. The molecule has 39 heavy (non-hydrogen) atoms. The van der Waals surface area contributed by atoms with E-state index in [9.17, 15) is 9.59 Å². The Morgan fingerprint density at radius 2 is 1.82 bits per heavy atom. The fraction of sp³-hybridized carbons (Fsp3) is 0.333. The fourth-order valence-electron chi connectivity index (χ4n) is 5.89. The van der Waals surface area contributed by atoms with Crippen molar-refractivity contribution in [3.05, 3.63) is 70.3 Å². The van der Waals surface area contributed by atoms with E-state index in [2.05, 4.69) is 10.6 Å². The van der Waals surface area contributed by atoms with Gasteiger partial charge in [0, 0.05) is 25.8 Å². The Morgan fingerprint density at radius 1 is 1.08 bits per heavy atom. The minimum absolute atomic E-state index is 0.00572. The van der Waals surface area contributed by atoms with Gasteiger partial charge in [0.2, 0.25) is 5.43 Å². The highest BCUT2D eigenvalue weighted by Crippen LogP contribution is 2.46. The number of hydrogen-bond acceptors (Lipinski definition) is 6. The van der Waals surface area contributed by atoms with Crippen LogP contribution in [0.5, 0.6) is 11.5 Å². The number of carbonyl (C=O) groups excluding carboxylic acids is 1. The number of nitrogens with zero attached hydrogens (tertiary/aromatic N) is 2. The van der Waals surface area contributed by atoms with Crippen LogP contribution >= 0.6 is 0 Å². The lowest BCUT2D eigenvalue weighted by atomic mass is 9.98. The molecule has 2 fully saturated rings. The first-order valence-electron chi connectivity index (χ1n) is 13.5. The highest BCUT2D eigenvalue weighted by Gasteiger charge is 2.30. The second-order valence-electron chi connectivity index (χ2n) is 10.4. The van der Waals surface area contributed by atoms with E-state index in [1.54, 1.807) is 11.1 Å². The fourth-order valence-corrected chi connectivity index (χ4v) is 5.89. The van der Waals surface area contributed by atoms with E-state index in [0.717, 1.165) is 36.7 Å². The number of rotatable bonds is 4. The maximum Gasteiger partial charge on any atom is 0.259 e. The van der Waals surface area contributed by atoms with Crippen LogP contribution in [0, 0.1) is 11.7 Å². The summed E-state index contributed by atoms with van der Waals surface area (Å²) >= 11 is 0. The highest BCUT2D eigenvalue weighted by molar-refractivity contribution is 6.02. The Bertz CT molecular complexity index is 1670. The Labute approximate surface area is 224 Å². The zero-order valence-electron chi connectivity index (χ0n) is 21.5. The number of aromatic nitrogens is 1. The van der Waals surface area contributed by atoms with Gasteiger partial charge in [-0.05, 0) is 60.8 Å². The molecule has 9 heteroatoms. The SMILES string of the molecule is O=C(c1cn2c3c(c(NCC4CCNCC4)c(F)cc3c1=O)Oc1cc3ccccc3cc1-2)N1CCOCC1. The molecule has 0 radical (unpaired) electrons. The summed E-state index contributed by atoms with van der Waals surface area (Å²) in [4.78, 5) is 28.8. The molecule has 0 aliphatic carbocycles. The number of benzene rings is 3. The molecular weight excluding hydrogens is 499 g/mol. The van der Waals surface area contributed by atoms with Crippen LogP contribution in [0.25, 0.3) is 27.4 Å². The highest BCUT2D eigenvalue weighted by atomic mass is 19.1. The predicted octanol–water partition coefficient (Wildman–Crippen LogP) is 4.27. The molecule has 4 aromatic rings. The van der Waals surface area contributed by atoms with Crippen molar-refractivity contribution >= 4 is 33.3 Å². The quantitative estimate of drug-likeness (QED) is 0.363. The summed E-state index contributed by atoms with van der Waals surface area (Å²) in [6, 6.07) is 13.0. The molecule has 0 bridgehead atoms. The number of piperidine rings is 1. The molecule has 1 amide bonds. The van der Waals surface area contributed by atoms with E-state index in [-0.39, 0.29) is 28.3 Å². The molecule has 2 N–H and O–H groups in total. The zero-order chi connectivity index (χ0) is 26.5. The van der Waals surface area contributed by atoms with Crippen LogP contribution in [0.4, 0.5) is 10.1 Å². The standard InChI is InChI=1S/C30H29FN4O4/c31-23-15-21-27-29(26(23)33-16-18-5-7-32-8-6-18)39-25-14-20-4-2-1-3-19(20)13-24(25)35(27)17-22(28(21)36)30(37)34-9-11-38-12-10-34/h1-4,13-15,17-18,32-33H,5-12,16H2. The van der Waals surface area contributed by atoms with Gasteiger partial charge in [-0.15, -0.1) is 0 Å². The number of ether oxygens (including phenoxy) is 2. The minimum Gasteiger partial charge on any atom is -0.451 e. The van der Waals surface area contributed by atoms with Crippen molar-refractivity contribution in [3.63, 3.8) is 0 Å². The van der Waals surface area contributed by atoms with E-state index >= 15 is 4.39 Å². The summed E-state index contributed by atoms with van der Waals surface area (Å²) < 4.78 is 29.4. The first-order chi connectivity index (χ1) is 19.1. The number of halogens is 1. The third kappa shape index (κ3) is 4.13. The van der Waals surface area contributed by atoms with E-state index in [4.69, 9.17) is 9.47 Å². The molecule has 1 aromatic heterocycles. The van der Waals surface area contributed by atoms with E-state index in [1.807, 2.05) is 41.0 Å². The Morgan fingerprint density at radius 3 is 2.59 bits per heavy atom. The van der Waals surface area contributed by atoms with Crippen LogP contribution in [-0.2, 0) is 4.74 Å². The average molecular weight is 529 g/mol. The van der Waals surface area contributed by atoms with E-state index < -0.39 is 11.2 Å². The van der Waals surface area contributed by atoms with Gasteiger partial charge in [0.15, 0.2) is 17.3 Å². The Hall–Kier alpha value is -3.95. The van der Waals surface area contributed by atoms with Crippen LogP contribution < -0.4 is 20.8 Å². The molecule has 0 atom stereocenters. The number of pyridine rings is 1. The number of amides is 1. The van der Waals surface area contributed by atoms with E-state index in [1.165, 1.54) is 6.07 Å². The molecule has 3 aliphatic heterocycles. The van der Waals surface area contributed by atoms with Crippen molar-refractivity contribution in [1.29, 1.82) is 0 Å². The third-order valence-corrected chi connectivity index (χ3v) is 8.05. The van der Waals surface area contributed by atoms with Gasteiger partial charge in [0.25, 0.3) is 5.91 Å². The molecule has 2 saturated heterocycles.